The number of nitrogens with two attached hydrogens (primary N) is 1. The lowest BCUT2D eigenvalue weighted by Gasteiger charge is -2.00. The van der Waals surface area contributed by atoms with Gasteiger partial charge in [-0.3, -0.25) is 0 Å². The zero-order valence-electron chi connectivity index (χ0n) is 11.0. The first-order valence-electron chi connectivity index (χ1n) is 6.00. The lowest BCUT2D eigenvalue weighted by molar-refractivity contribution is 0.602. The lowest BCUT2D eigenvalue weighted by atomic mass is 10.2. The van der Waals surface area contributed by atoms with Crippen molar-refractivity contribution in [1.29, 1.82) is 0 Å². The topological polar surface area (TPSA) is 86.2 Å². The highest BCUT2D eigenvalue weighted by Gasteiger charge is 2.14. The van der Waals surface area contributed by atoms with Gasteiger partial charge in [0.15, 0.2) is 15.4 Å². The number of fused-ring (bicyclic) bond motifs is 1. The van der Waals surface area contributed by atoms with Gasteiger partial charge in [-0.1, -0.05) is 11.6 Å². The quantitative estimate of drug-likeness (QED) is 0.732. The van der Waals surface area contributed by atoms with E-state index in [1.54, 1.807) is 24.3 Å². The second-order valence-corrected chi connectivity index (χ2v) is 7.10. The number of rotatable bonds is 2. The van der Waals surface area contributed by atoms with Crippen LogP contribution in [0.25, 0.3) is 22.6 Å². The minimum absolute atomic E-state index is 0.189. The molecule has 2 aromatic carbocycles. The number of oxazole rings is 1. The standard InChI is InChI=1S/C14H11ClN2O3S/c1-21(18,19)9-3-5-13-12(7-9)17-14(20-13)10-6-8(15)2-4-11(10)16/h2-7H,16H2,1H3. The van der Waals surface area contributed by atoms with Gasteiger partial charge in [-0.25, -0.2) is 13.4 Å². The van der Waals surface area contributed by atoms with Crippen molar-refractivity contribution in [2.75, 3.05) is 12.0 Å². The van der Waals surface area contributed by atoms with Gasteiger partial charge in [0.05, 0.1) is 10.5 Å². The van der Waals surface area contributed by atoms with Gasteiger partial charge in [-0.2, -0.15) is 0 Å². The van der Waals surface area contributed by atoms with E-state index in [1.165, 1.54) is 12.1 Å². The maximum Gasteiger partial charge on any atom is 0.229 e. The highest BCUT2D eigenvalue weighted by atomic mass is 35.5. The van der Waals surface area contributed by atoms with E-state index in [9.17, 15) is 8.42 Å². The molecule has 1 aromatic heterocycles. The second-order valence-electron chi connectivity index (χ2n) is 4.65. The predicted molar refractivity (Wildman–Crippen MR) is 82.0 cm³/mol. The van der Waals surface area contributed by atoms with Crippen molar-refractivity contribution < 1.29 is 12.8 Å². The van der Waals surface area contributed by atoms with Crippen LogP contribution in [0.2, 0.25) is 5.02 Å². The lowest BCUT2D eigenvalue weighted by Crippen LogP contribution is -1.96. The molecule has 0 radical (unpaired) electrons. The van der Waals surface area contributed by atoms with E-state index < -0.39 is 9.84 Å². The van der Waals surface area contributed by atoms with Crippen LogP contribution in [-0.4, -0.2) is 19.7 Å². The molecule has 5 nitrogen and oxygen atoms in total. The zero-order chi connectivity index (χ0) is 15.2. The Morgan fingerprint density at radius 1 is 1.19 bits per heavy atom. The van der Waals surface area contributed by atoms with Crippen molar-refractivity contribution in [3.63, 3.8) is 0 Å². The van der Waals surface area contributed by atoms with Crippen LogP contribution in [-0.2, 0) is 9.84 Å². The number of benzene rings is 2. The molecule has 0 aliphatic carbocycles. The highest BCUT2D eigenvalue weighted by molar-refractivity contribution is 7.90. The van der Waals surface area contributed by atoms with Crippen LogP contribution in [0.1, 0.15) is 0 Å². The summed E-state index contributed by atoms with van der Waals surface area (Å²) in [5.41, 5.74) is 7.87. The predicted octanol–water partition coefficient (Wildman–Crippen LogP) is 3.13. The Kier molecular flexibility index (Phi) is 3.15. The largest absolute Gasteiger partial charge is 0.436 e. The zero-order valence-corrected chi connectivity index (χ0v) is 12.6. The molecule has 0 fully saturated rings. The van der Waals surface area contributed by atoms with Gasteiger partial charge in [0.1, 0.15) is 5.52 Å². The van der Waals surface area contributed by atoms with Crippen LogP contribution in [0.15, 0.2) is 45.7 Å². The number of hydrogen-bond donors (Lipinski definition) is 1. The molecular weight excluding hydrogens is 312 g/mol. The van der Waals surface area contributed by atoms with Crippen LogP contribution in [0.5, 0.6) is 0 Å². The Morgan fingerprint density at radius 2 is 1.95 bits per heavy atom. The molecule has 0 aliphatic rings. The number of hydrogen-bond acceptors (Lipinski definition) is 5. The number of sulfone groups is 1. The summed E-state index contributed by atoms with van der Waals surface area (Å²) in [5.74, 6) is 0.302. The number of anilines is 1. The third kappa shape index (κ3) is 2.59. The molecule has 0 unspecified atom stereocenters. The van der Waals surface area contributed by atoms with E-state index in [0.717, 1.165) is 6.26 Å². The van der Waals surface area contributed by atoms with E-state index in [0.29, 0.717) is 33.3 Å². The van der Waals surface area contributed by atoms with Gasteiger partial charge >= 0.3 is 0 Å². The molecule has 0 saturated carbocycles. The molecule has 2 N–H and O–H groups in total. The molecule has 21 heavy (non-hydrogen) atoms. The van der Waals surface area contributed by atoms with Crippen molar-refractivity contribution in [2.24, 2.45) is 0 Å². The van der Waals surface area contributed by atoms with Gasteiger partial charge in [0.25, 0.3) is 0 Å². The second kappa shape index (κ2) is 4.75. The minimum Gasteiger partial charge on any atom is -0.436 e. The van der Waals surface area contributed by atoms with Crippen LogP contribution >= 0.6 is 11.6 Å². The number of nitrogen functional groups attached to an aromatic ring is 1. The fraction of sp³-hybridized carbons (Fsp3) is 0.0714. The van der Waals surface area contributed by atoms with Gasteiger partial charge in [0, 0.05) is 17.0 Å². The molecule has 0 aliphatic heterocycles. The first-order valence-corrected chi connectivity index (χ1v) is 8.27. The Hall–Kier alpha value is -2.05. The van der Waals surface area contributed by atoms with Crippen molar-refractivity contribution >= 4 is 38.2 Å². The van der Waals surface area contributed by atoms with Gasteiger partial charge in [-0.15, -0.1) is 0 Å². The summed E-state index contributed by atoms with van der Waals surface area (Å²) in [4.78, 5) is 4.48. The summed E-state index contributed by atoms with van der Waals surface area (Å²) in [7, 11) is -3.29. The molecule has 0 amide bonds. The Labute approximate surface area is 126 Å². The van der Waals surface area contributed by atoms with E-state index in [1.807, 2.05) is 0 Å². The first-order chi connectivity index (χ1) is 9.84. The number of nitrogens with zero attached hydrogens (tertiary/aromatic N) is 1. The molecular formula is C14H11ClN2O3S. The summed E-state index contributed by atoms with van der Waals surface area (Å²) in [5, 5.41) is 0.512. The van der Waals surface area contributed by atoms with Crippen molar-refractivity contribution in [3.05, 3.63) is 41.4 Å². The van der Waals surface area contributed by atoms with E-state index >= 15 is 0 Å². The molecule has 1 heterocycles. The number of halogens is 1. The summed E-state index contributed by atoms with van der Waals surface area (Å²) < 4.78 is 28.7. The first kappa shape index (κ1) is 13.9. The fourth-order valence-electron chi connectivity index (χ4n) is 1.97. The van der Waals surface area contributed by atoms with Crippen molar-refractivity contribution in [1.82, 2.24) is 4.98 Å². The molecule has 0 saturated heterocycles. The van der Waals surface area contributed by atoms with Crippen LogP contribution in [0, 0.1) is 0 Å². The monoisotopic (exact) mass is 322 g/mol. The summed E-state index contributed by atoms with van der Waals surface area (Å²) in [6.45, 7) is 0. The van der Waals surface area contributed by atoms with E-state index in [4.69, 9.17) is 21.8 Å². The third-order valence-corrected chi connectivity index (χ3v) is 4.38. The maximum absolute atomic E-state index is 11.6. The SMILES string of the molecule is CS(=O)(=O)c1ccc2oc(-c3cc(Cl)ccc3N)nc2c1. The van der Waals surface area contributed by atoms with Gasteiger partial charge in [-0.05, 0) is 36.4 Å². The Morgan fingerprint density at radius 3 is 2.67 bits per heavy atom. The smallest absolute Gasteiger partial charge is 0.229 e. The van der Waals surface area contributed by atoms with Gasteiger partial charge in [0.2, 0.25) is 5.89 Å². The number of aromatic nitrogens is 1. The Balaban J connectivity index is 2.20. The van der Waals surface area contributed by atoms with Crippen LogP contribution in [0.4, 0.5) is 5.69 Å². The highest BCUT2D eigenvalue weighted by Crippen LogP contribution is 2.31. The molecule has 3 aromatic rings. The average Bonchev–Trinajstić information content (AvgIpc) is 2.83. The average molecular weight is 323 g/mol. The van der Waals surface area contributed by atoms with E-state index in [2.05, 4.69) is 4.98 Å². The molecule has 3 rings (SSSR count). The van der Waals surface area contributed by atoms with Gasteiger partial charge < -0.3 is 10.2 Å². The minimum atomic E-state index is -3.29. The van der Waals surface area contributed by atoms with Crippen molar-refractivity contribution in [3.8, 4) is 11.5 Å². The Bertz CT molecular complexity index is 948. The summed E-state index contributed by atoms with van der Waals surface area (Å²) in [6, 6.07) is 9.51. The normalized spacial score (nSPS) is 11.9. The summed E-state index contributed by atoms with van der Waals surface area (Å²) >= 11 is 5.95. The van der Waals surface area contributed by atoms with Crippen molar-refractivity contribution in [2.45, 2.75) is 4.90 Å². The maximum atomic E-state index is 11.6. The molecule has 0 bridgehead atoms. The van der Waals surface area contributed by atoms with E-state index in [-0.39, 0.29) is 4.90 Å². The summed E-state index contributed by atoms with van der Waals surface area (Å²) in [6.07, 6.45) is 1.14. The van der Waals surface area contributed by atoms with Crippen LogP contribution in [0.3, 0.4) is 0 Å². The third-order valence-electron chi connectivity index (χ3n) is 3.03. The molecule has 0 spiro atoms. The molecule has 7 heteroatoms. The van der Waals surface area contributed by atoms with Crippen LogP contribution < -0.4 is 5.73 Å². The fourth-order valence-corrected chi connectivity index (χ4v) is 2.78. The molecule has 0 atom stereocenters. The molecule has 108 valence electrons.